The Hall–Kier alpha value is -1.07. The molecule has 1 heterocycles. The van der Waals surface area contributed by atoms with Crippen LogP contribution in [0, 0.1) is 0 Å². The van der Waals surface area contributed by atoms with Crippen LogP contribution in [0.25, 0.3) is 0 Å². The highest BCUT2D eigenvalue weighted by Gasteiger charge is 2.29. The van der Waals surface area contributed by atoms with Gasteiger partial charge < -0.3 is 11.1 Å². The molecule has 0 fully saturated rings. The van der Waals surface area contributed by atoms with Crippen molar-refractivity contribution < 1.29 is 4.79 Å². The number of amides is 1. The van der Waals surface area contributed by atoms with Crippen LogP contribution in [0.3, 0.4) is 0 Å². The number of hydrogen-bond donors (Lipinski definition) is 2. The third kappa shape index (κ3) is 3.03. The van der Waals surface area contributed by atoms with Gasteiger partial charge in [-0.1, -0.05) is 30.4 Å². The summed E-state index contributed by atoms with van der Waals surface area (Å²) >= 11 is 6.58. The summed E-state index contributed by atoms with van der Waals surface area (Å²) in [6, 6.07) is 8.06. The van der Waals surface area contributed by atoms with Crippen molar-refractivity contribution in [3.63, 3.8) is 0 Å². The molecule has 0 bridgehead atoms. The van der Waals surface area contributed by atoms with Crippen molar-refractivity contribution in [1.82, 2.24) is 5.32 Å². The van der Waals surface area contributed by atoms with Crippen LogP contribution in [0.1, 0.15) is 24.8 Å². The molecule has 0 aromatic heterocycles. The highest BCUT2D eigenvalue weighted by atomic mass is 32.2. The molecule has 0 saturated heterocycles. The van der Waals surface area contributed by atoms with Crippen LogP contribution in [0.5, 0.6) is 0 Å². The monoisotopic (exact) mass is 280 g/mol. The van der Waals surface area contributed by atoms with Gasteiger partial charge in [0.05, 0.1) is 10.9 Å². The van der Waals surface area contributed by atoms with Crippen molar-refractivity contribution in [2.75, 3.05) is 5.75 Å². The summed E-state index contributed by atoms with van der Waals surface area (Å²) in [7, 11) is 0. The predicted octanol–water partition coefficient (Wildman–Crippen LogP) is 2.06. The van der Waals surface area contributed by atoms with Crippen LogP contribution >= 0.6 is 24.0 Å². The third-order valence-electron chi connectivity index (χ3n) is 2.91. The van der Waals surface area contributed by atoms with E-state index in [1.165, 1.54) is 4.90 Å². The standard InChI is InChI=1S/C13H16N2OS2/c1-8(6-12(14)17)15-13(16)10-7-18-11-5-3-2-4-9(10)11/h2-5,8,10H,6-7H2,1H3,(H2,14,17)(H,15,16). The van der Waals surface area contributed by atoms with Crippen LogP contribution < -0.4 is 11.1 Å². The zero-order chi connectivity index (χ0) is 13.1. The summed E-state index contributed by atoms with van der Waals surface area (Å²) in [4.78, 5) is 13.8. The molecular formula is C13H16N2OS2. The van der Waals surface area contributed by atoms with Gasteiger partial charge in [-0.3, -0.25) is 4.79 Å². The van der Waals surface area contributed by atoms with Crippen molar-refractivity contribution in [3.05, 3.63) is 29.8 Å². The Kier molecular flexibility index (Phi) is 4.24. The van der Waals surface area contributed by atoms with Crippen molar-refractivity contribution in [2.24, 2.45) is 5.73 Å². The average Bonchev–Trinajstić information content (AvgIpc) is 2.71. The summed E-state index contributed by atoms with van der Waals surface area (Å²) in [5.74, 6) is 0.821. The second-order valence-corrected chi connectivity index (χ2v) is 6.07. The molecule has 0 saturated carbocycles. The van der Waals surface area contributed by atoms with Crippen molar-refractivity contribution in [2.45, 2.75) is 30.2 Å². The SMILES string of the molecule is CC(CC(N)=S)NC(=O)C1CSc2ccccc21. The molecule has 2 rings (SSSR count). The van der Waals surface area contributed by atoms with Gasteiger partial charge in [-0.2, -0.15) is 0 Å². The van der Waals surface area contributed by atoms with E-state index < -0.39 is 0 Å². The maximum absolute atomic E-state index is 12.2. The van der Waals surface area contributed by atoms with Gasteiger partial charge in [0.15, 0.2) is 0 Å². The number of nitrogens with two attached hydrogens (primary N) is 1. The summed E-state index contributed by atoms with van der Waals surface area (Å²) in [6.07, 6.45) is 0.544. The van der Waals surface area contributed by atoms with Gasteiger partial charge in [0, 0.05) is 23.1 Å². The molecule has 1 aromatic rings. The number of hydrogen-bond acceptors (Lipinski definition) is 3. The van der Waals surface area contributed by atoms with E-state index in [2.05, 4.69) is 11.4 Å². The highest BCUT2D eigenvalue weighted by molar-refractivity contribution is 7.99. The molecule has 2 atom stereocenters. The lowest BCUT2D eigenvalue weighted by Gasteiger charge is -2.16. The minimum absolute atomic E-state index is 0.00670. The lowest BCUT2D eigenvalue weighted by Crippen LogP contribution is -2.38. The maximum Gasteiger partial charge on any atom is 0.228 e. The number of carbonyl (C=O) groups excluding carboxylic acids is 1. The van der Waals surface area contributed by atoms with Gasteiger partial charge in [-0.25, -0.2) is 0 Å². The number of rotatable bonds is 4. The Morgan fingerprint density at radius 1 is 1.61 bits per heavy atom. The summed E-state index contributed by atoms with van der Waals surface area (Å²) in [5.41, 5.74) is 6.60. The first kappa shape index (κ1) is 13.4. The molecule has 1 amide bonds. The summed E-state index contributed by atoms with van der Waals surface area (Å²) in [5, 5.41) is 2.97. The second-order valence-electron chi connectivity index (χ2n) is 4.48. The minimum atomic E-state index is -0.0556. The van der Waals surface area contributed by atoms with Crippen LogP contribution in [-0.4, -0.2) is 22.7 Å². The zero-order valence-corrected chi connectivity index (χ0v) is 11.8. The van der Waals surface area contributed by atoms with E-state index in [0.29, 0.717) is 11.4 Å². The van der Waals surface area contributed by atoms with Gasteiger partial charge in [0.2, 0.25) is 5.91 Å². The van der Waals surface area contributed by atoms with E-state index in [0.717, 1.165) is 11.3 Å². The van der Waals surface area contributed by atoms with Crippen molar-refractivity contribution in [1.29, 1.82) is 0 Å². The van der Waals surface area contributed by atoms with Gasteiger partial charge in [-0.05, 0) is 18.6 Å². The molecule has 2 unspecified atom stereocenters. The fraction of sp³-hybridized carbons (Fsp3) is 0.385. The van der Waals surface area contributed by atoms with Crippen LogP contribution in [-0.2, 0) is 4.79 Å². The fourth-order valence-electron chi connectivity index (χ4n) is 2.08. The largest absolute Gasteiger partial charge is 0.393 e. The molecule has 3 N–H and O–H groups in total. The molecule has 0 aliphatic carbocycles. The number of carbonyl (C=O) groups is 1. The van der Waals surface area contributed by atoms with Gasteiger partial charge >= 0.3 is 0 Å². The number of nitrogens with one attached hydrogen (secondary N) is 1. The third-order valence-corrected chi connectivity index (χ3v) is 4.26. The molecule has 0 radical (unpaired) electrons. The van der Waals surface area contributed by atoms with Crippen molar-refractivity contribution >= 4 is 34.9 Å². The Morgan fingerprint density at radius 3 is 3.06 bits per heavy atom. The molecular weight excluding hydrogens is 264 g/mol. The Bertz CT molecular complexity index is 476. The lowest BCUT2D eigenvalue weighted by atomic mass is 10.00. The quantitative estimate of drug-likeness (QED) is 0.829. The first-order valence-electron chi connectivity index (χ1n) is 5.88. The first-order chi connectivity index (χ1) is 8.58. The molecule has 1 aliphatic rings. The van der Waals surface area contributed by atoms with Gasteiger partial charge in [0.1, 0.15) is 0 Å². The zero-order valence-electron chi connectivity index (χ0n) is 10.2. The Morgan fingerprint density at radius 2 is 2.33 bits per heavy atom. The highest BCUT2D eigenvalue weighted by Crippen LogP contribution is 2.39. The van der Waals surface area contributed by atoms with Gasteiger partial charge in [-0.15, -0.1) is 11.8 Å². The minimum Gasteiger partial charge on any atom is -0.393 e. The average molecular weight is 280 g/mol. The van der Waals surface area contributed by atoms with Crippen molar-refractivity contribution in [3.8, 4) is 0 Å². The van der Waals surface area contributed by atoms with Gasteiger partial charge in [0.25, 0.3) is 0 Å². The fourth-order valence-corrected chi connectivity index (χ4v) is 3.55. The van der Waals surface area contributed by atoms with E-state index in [9.17, 15) is 4.79 Å². The molecule has 18 heavy (non-hydrogen) atoms. The maximum atomic E-state index is 12.2. The molecule has 0 spiro atoms. The van der Waals surface area contributed by atoms with E-state index in [1.807, 2.05) is 25.1 Å². The molecule has 1 aromatic carbocycles. The van der Waals surface area contributed by atoms with Crippen LogP contribution in [0.2, 0.25) is 0 Å². The molecule has 3 nitrogen and oxygen atoms in total. The Labute approximate surface area is 117 Å². The second kappa shape index (κ2) is 5.71. The topological polar surface area (TPSA) is 55.1 Å². The predicted molar refractivity (Wildman–Crippen MR) is 78.9 cm³/mol. The number of thiocarbonyl (C=S) groups is 1. The molecule has 1 aliphatic heterocycles. The summed E-state index contributed by atoms with van der Waals surface area (Å²) < 4.78 is 0. The van der Waals surface area contributed by atoms with Crippen LogP contribution in [0.4, 0.5) is 0 Å². The number of fused-ring (bicyclic) bond motifs is 1. The lowest BCUT2D eigenvalue weighted by molar-refractivity contribution is -0.122. The normalized spacial score (nSPS) is 19.1. The van der Waals surface area contributed by atoms with Crippen LogP contribution in [0.15, 0.2) is 29.2 Å². The molecule has 5 heteroatoms. The first-order valence-corrected chi connectivity index (χ1v) is 7.27. The Balaban J connectivity index is 2.01. The van der Waals surface area contributed by atoms with E-state index in [4.69, 9.17) is 18.0 Å². The van der Waals surface area contributed by atoms with E-state index >= 15 is 0 Å². The van der Waals surface area contributed by atoms with E-state index in [1.54, 1.807) is 11.8 Å². The summed E-state index contributed by atoms with van der Waals surface area (Å²) in [6.45, 7) is 1.92. The number of thioether (sulfide) groups is 1. The number of benzene rings is 1. The molecule has 96 valence electrons. The van der Waals surface area contributed by atoms with E-state index in [-0.39, 0.29) is 17.9 Å². The smallest absolute Gasteiger partial charge is 0.228 e.